The molecule has 0 spiro atoms. The summed E-state index contributed by atoms with van der Waals surface area (Å²) < 4.78 is 9.75. The maximum absolute atomic E-state index is 5.65. The molecule has 0 aliphatic carbocycles. The van der Waals surface area contributed by atoms with E-state index >= 15 is 0 Å². The minimum Gasteiger partial charge on any atom is -1.00 e. The van der Waals surface area contributed by atoms with Crippen LogP contribution >= 0.6 is 0 Å². The van der Waals surface area contributed by atoms with Crippen LogP contribution in [-0.2, 0) is 18.5 Å². The highest BCUT2D eigenvalue weighted by Crippen LogP contribution is 2.10. The number of hydrogen-bond donors (Lipinski definition) is 0. The monoisotopic (exact) mass is 316 g/mol. The van der Waals surface area contributed by atoms with Crippen LogP contribution in [0.15, 0.2) is 18.7 Å². The third-order valence-electron chi connectivity index (χ3n) is 3.71. The molecule has 0 aromatic carbocycles. The molecule has 0 amide bonds. The van der Waals surface area contributed by atoms with Gasteiger partial charge in [-0.2, -0.15) is 0 Å². The van der Waals surface area contributed by atoms with Gasteiger partial charge in [-0.25, -0.2) is 9.13 Å². The van der Waals surface area contributed by atoms with Gasteiger partial charge in [-0.05, 0) is 6.42 Å². The van der Waals surface area contributed by atoms with Crippen LogP contribution in [0.5, 0.6) is 0 Å². The van der Waals surface area contributed by atoms with Gasteiger partial charge in [0, 0.05) is 0 Å². The Kier molecular flexibility index (Phi) is 14.0. The molecule has 0 atom stereocenters. The normalized spacial score (nSPS) is 10.6. The van der Waals surface area contributed by atoms with E-state index in [-0.39, 0.29) is 12.4 Å². The molecule has 1 heterocycles. The fourth-order valence-corrected chi connectivity index (χ4v) is 2.44. The van der Waals surface area contributed by atoms with Gasteiger partial charge < -0.3 is 17.1 Å². The lowest BCUT2D eigenvalue weighted by Gasteiger charge is -2.03. The van der Waals surface area contributed by atoms with Gasteiger partial charge in [0.25, 0.3) is 0 Å². The zero-order valence-electron chi connectivity index (χ0n) is 13.9. The molecule has 21 heavy (non-hydrogen) atoms. The van der Waals surface area contributed by atoms with Crippen molar-refractivity contribution in [1.29, 1.82) is 0 Å². The molecule has 0 aliphatic rings. The number of halogens is 1. The maximum atomic E-state index is 5.65. The Bertz CT molecular complexity index is 328. The highest BCUT2D eigenvalue weighted by atomic mass is 35.5. The van der Waals surface area contributed by atoms with Crippen LogP contribution in [-0.4, -0.2) is 11.2 Å². The average molecular weight is 317 g/mol. The second kappa shape index (κ2) is 14.4. The Labute approximate surface area is 137 Å². The van der Waals surface area contributed by atoms with Crippen LogP contribution in [0.1, 0.15) is 71.1 Å². The van der Waals surface area contributed by atoms with Crippen molar-refractivity contribution in [2.45, 2.75) is 77.9 Å². The van der Waals surface area contributed by atoms with Crippen molar-refractivity contribution in [1.82, 2.24) is 4.57 Å². The molecule has 0 bridgehead atoms. The molecule has 0 saturated heterocycles. The van der Waals surface area contributed by atoms with E-state index in [4.69, 9.17) is 4.74 Å². The van der Waals surface area contributed by atoms with E-state index in [1.54, 1.807) is 0 Å². The van der Waals surface area contributed by atoms with Gasteiger partial charge in [0.2, 0.25) is 6.33 Å². The molecule has 1 aromatic rings. The van der Waals surface area contributed by atoms with Crippen molar-refractivity contribution in [3.63, 3.8) is 0 Å². The number of hydrogen-bond acceptors (Lipinski definition) is 1. The summed E-state index contributed by atoms with van der Waals surface area (Å²) in [5, 5.41) is 0. The number of imidazole rings is 1. The van der Waals surface area contributed by atoms with Crippen LogP contribution < -0.4 is 17.0 Å². The van der Waals surface area contributed by atoms with E-state index in [0.29, 0.717) is 6.73 Å². The first-order valence-corrected chi connectivity index (χ1v) is 8.41. The lowest BCUT2D eigenvalue weighted by atomic mass is 10.1. The SMILES string of the molecule is CCCCCCCCCCCCOCn1cc[n+](C)c1.[Cl-]. The fraction of sp³-hybridized carbons (Fsp3) is 0.824. The summed E-state index contributed by atoms with van der Waals surface area (Å²) >= 11 is 0. The van der Waals surface area contributed by atoms with Crippen LogP contribution in [0, 0.1) is 0 Å². The second-order valence-corrected chi connectivity index (χ2v) is 5.81. The Hall–Kier alpha value is -0.540. The van der Waals surface area contributed by atoms with E-state index < -0.39 is 0 Å². The number of aromatic nitrogens is 2. The lowest BCUT2D eigenvalue weighted by molar-refractivity contribution is -0.671. The number of nitrogens with zero attached hydrogens (tertiary/aromatic N) is 2. The zero-order valence-corrected chi connectivity index (χ0v) is 14.7. The molecule has 0 unspecified atom stereocenters. The summed E-state index contributed by atoms with van der Waals surface area (Å²) in [5.74, 6) is 0. The Morgan fingerprint density at radius 2 is 1.48 bits per heavy atom. The van der Waals surface area contributed by atoms with Crippen molar-refractivity contribution < 1.29 is 21.7 Å². The average Bonchev–Trinajstić information content (AvgIpc) is 2.86. The van der Waals surface area contributed by atoms with Crippen molar-refractivity contribution in [2.75, 3.05) is 6.61 Å². The minimum atomic E-state index is 0. The van der Waals surface area contributed by atoms with Gasteiger partial charge in [0.15, 0.2) is 6.73 Å². The van der Waals surface area contributed by atoms with Gasteiger partial charge in [0.05, 0.1) is 13.7 Å². The van der Waals surface area contributed by atoms with E-state index in [2.05, 4.69) is 11.5 Å². The van der Waals surface area contributed by atoms with Gasteiger partial charge in [0.1, 0.15) is 12.4 Å². The van der Waals surface area contributed by atoms with E-state index in [9.17, 15) is 0 Å². The summed E-state index contributed by atoms with van der Waals surface area (Å²) in [6.45, 7) is 3.84. The molecule has 124 valence electrons. The topological polar surface area (TPSA) is 18.0 Å². The fourth-order valence-electron chi connectivity index (χ4n) is 2.44. The Morgan fingerprint density at radius 1 is 0.905 bits per heavy atom. The molecule has 0 radical (unpaired) electrons. The molecule has 1 rings (SSSR count). The quantitative estimate of drug-likeness (QED) is 0.395. The number of aryl methyl sites for hydroxylation is 1. The lowest BCUT2D eigenvalue weighted by Crippen LogP contribution is -3.00. The first kappa shape index (κ1) is 20.5. The summed E-state index contributed by atoms with van der Waals surface area (Å²) in [4.78, 5) is 0. The minimum absolute atomic E-state index is 0. The summed E-state index contributed by atoms with van der Waals surface area (Å²) in [6.07, 6.45) is 19.9. The number of ether oxygens (including phenoxy) is 1. The summed E-state index contributed by atoms with van der Waals surface area (Å²) in [7, 11) is 2.03. The van der Waals surface area contributed by atoms with Gasteiger partial charge in [-0.1, -0.05) is 64.7 Å². The Morgan fingerprint density at radius 3 is 2.00 bits per heavy atom. The molecule has 4 heteroatoms. The van der Waals surface area contributed by atoms with Crippen LogP contribution in [0.2, 0.25) is 0 Å². The molecule has 0 N–H and O–H groups in total. The highest BCUT2D eigenvalue weighted by molar-refractivity contribution is 4.63. The molecule has 0 saturated carbocycles. The van der Waals surface area contributed by atoms with Crippen LogP contribution in [0.25, 0.3) is 0 Å². The molecule has 3 nitrogen and oxygen atoms in total. The third kappa shape index (κ3) is 11.8. The molecular formula is C17H33ClN2O. The maximum Gasteiger partial charge on any atom is 0.245 e. The number of rotatable bonds is 13. The van der Waals surface area contributed by atoms with E-state index in [1.165, 1.54) is 64.2 Å². The molecule has 1 aromatic heterocycles. The smallest absolute Gasteiger partial charge is 0.245 e. The summed E-state index contributed by atoms with van der Waals surface area (Å²) in [5.41, 5.74) is 0. The highest BCUT2D eigenvalue weighted by Gasteiger charge is 1.99. The van der Waals surface area contributed by atoms with Crippen molar-refractivity contribution in [3.8, 4) is 0 Å². The van der Waals surface area contributed by atoms with Crippen molar-refractivity contribution >= 4 is 0 Å². The first-order chi connectivity index (χ1) is 9.83. The molecular weight excluding hydrogens is 284 g/mol. The van der Waals surface area contributed by atoms with E-state index in [1.807, 2.05) is 30.3 Å². The Balaban J connectivity index is 0.00000400. The van der Waals surface area contributed by atoms with Crippen molar-refractivity contribution in [2.24, 2.45) is 7.05 Å². The summed E-state index contributed by atoms with van der Waals surface area (Å²) in [6, 6.07) is 0. The van der Waals surface area contributed by atoms with Crippen LogP contribution in [0.4, 0.5) is 0 Å². The zero-order chi connectivity index (χ0) is 14.5. The predicted molar refractivity (Wildman–Crippen MR) is 83.4 cm³/mol. The first-order valence-electron chi connectivity index (χ1n) is 8.41. The number of unbranched alkanes of at least 4 members (excludes halogenated alkanes) is 9. The van der Waals surface area contributed by atoms with Gasteiger partial charge in [-0.3, -0.25) is 0 Å². The largest absolute Gasteiger partial charge is 1.00 e. The van der Waals surface area contributed by atoms with Gasteiger partial charge in [-0.15, -0.1) is 0 Å². The van der Waals surface area contributed by atoms with Gasteiger partial charge >= 0.3 is 0 Å². The molecule has 0 aliphatic heterocycles. The molecule has 0 fully saturated rings. The van der Waals surface area contributed by atoms with Crippen molar-refractivity contribution in [3.05, 3.63) is 18.7 Å². The third-order valence-corrected chi connectivity index (χ3v) is 3.71. The standard InChI is InChI=1S/C17H33N2O.ClH/c1-3-4-5-6-7-8-9-10-11-12-15-20-17-19-14-13-18(2)16-19;/h13-14,16H,3-12,15,17H2,1-2H3;1H/q+1;/p-1. The van der Waals surface area contributed by atoms with E-state index in [0.717, 1.165) is 6.61 Å². The predicted octanol–water partition coefficient (Wildman–Crippen LogP) is 1.21. The second-order valence-electron chi connectivity index (χ2n) is 5.81. The van der Waals surface area contributed by atoms with Crippen LogP contribution in [0.3, 0.4) is 0 Å².